The third kappa shape index (κ3) is 3.37. The van der Waals surface area contributed by atoms with Gasteiger partial charge in [0, 0.05) is 11.7 Å². The minimum absolute atomic E-state index is 0.289. The summed E-state index contributed by atoms with van der Waals surface area (Å²) >= 11 is 0. The Morgan fingerprint density at radius 1 is 1.24 bits per heavy atom. The van der Waals surface area contributed by atoms with E-state index < -0.39 is 0 Å². The minimum atomic E-state index is -0.289. The quantitative estimate of drug-likeness (QED) is 0.901. The molecule has 5 nitrogen and oxygen atoms in total. The first-order chi connectivity index (χ1) is 10.2. The summed E-state index contributed by atoms with van der Waals surface area (Å²) in [4.78, 5) is 16.2. The van der Waals surface area contributed by atoms with Crippen LogP contribution in [0.4, 0.5) is 11.4 Å². The summed E-state index contributed by atoms with van der Waals surface area (Å²) in [6, 6.07) is 12.9. The van der Waals surface area contributed by atoms with Crippen LogP contribution >= 0.6 is 0 Å². The minimum Gasteiger partial charge on any atom is -0.381 e. The monoisotopic (exact) mass is 278 g/mol. The normalized spacial score (nSPS) is 13.3. The predicted molar refractivity (Wildman–Crippen MR) is 80.0 cm³/mol. The lowest BCUT2D eigenvalue weighted by atomic mass is 10.2. The SMILES string of the molecule is N#Cc1cccc(NC(=O)c2ccc(NC3CC3)cn2)c1. The second kappa shape index (κ2) is 5.63. The molecule has 0 radical (unpaired) electrons. The first-order valence-electron chi connectivity index (χ1n) is 6.79. The molecule has 2 aromatic rings. The molecular formula is C16H14N4O. The number of carbonyl (C=O) groups excluding carboxylic acids is 1. The van der Waals surface area contributed by atoms with Crippen molar-refractivity contribution in [1.29, 1.82) is 5.26 Å². The van der Waals surface area contributed by atoms with Crippen LogP contribution in [0.25, 0.3) is 0 Å². The van der Waals surface area contributed by atoms with Gasteiger partial charge in [-0.25, -0.2) is 4.98 Å². The molecule has 1 saturated carbocycles. The molecular weight excluding hydrogens is 264 g/mol. The standard InChI is InChI=1S/C16H14N4O/c17-9-11-2-1-3-13(8-11)20-16(21)15-7-6-14(10-18-15)19-12-4-5-12/h1-3,6-8,10,12,19H,4-5H2,(H,20,21). The predicted octanol–water partition coefficient (Wildman–Crippen LogP) is 2.78. The topological polar surface area (TPSA) is 77.8 Å². The number of carbonyl (C=O) groups is 1. The molecule has 1 aromatic carbocycles. The lowest BCUT2D eigenvalue weighted by molar-refractivity contribution is 0.102. The van der Waals surface area contributed by atoms with Gasteiger partial charge in [-0.3, -0.25) is 4.79 Å². The fourth-order valence-corrected chi connectivity index (χ4v) is 1.94. The second-order valence-electron chi connectivity index (χ2n) is 5.00. The first kappa shape index (κ1) is 13.1. The highest BCUT2D eigenvalue weighted by molar-refractivity contribution is 6.03. The van der Waals surface area contributed by atoms with E-state index in [9.17, 15) is 4.79 Å². The van der Waals surface area contributed by atoms with Crippen molar-refractivity contribution in [3.8, 4) is 6.07 Å². The number of nitrogens with zero attached hydrogens (tertiary/aromatic N) is 2. The number of nitriles is 1. The van der Waals surface area contributed by atoms with Gasteiger partial charge in [-0.1, -0.05) is 6.07 Å². The Bertz CT molecular complexity index is 699. The Morgan fingerprint density at radius 2 is 2.10 bits per heavy atom. The number of aromatic nitrogens is 1. The van der Waals surface area contributed by atoms with Crippen molar-refractivity contribution in [1.82, 2.24) is 4.98 Å². The van der Waals surface area contributed by atoms with Crippen LogP contribution in [0.15, 0.2) is 42.6 Å². The fourth-order valence-electron chi connectivity index (χ4n) is 1.94. The molecule has 1 aliphatic carbocycles. The maximum atomic E-state index is 12.1. The third-order valence-electron chi connectivity index (χ3n) is 3.19. The van der Waals surface area contributed by atoms with E-state index >= 15 is 0 Å². The smallest absolute Gasteiger partial charge is 0.274 e. The van der Waals surface area contributed by atoms with Crippen LogP contribution in [-0.2, 0) is 0 Å². The van der Waals surface area contributed by atoms with Crippen LogP contribution in [0.2, 0.25) is 0 Å². The molecule has 2 N–H and O–H groups in total. The van der Waals surface area contributed by atoms with E-state index in [1.165, 1.54) is 12.8 Å². The molecule has 1 aliphatic rings. The number of amides is 1. The molecule has 1 aromatic heterocycles. The van der Waals surface area contributed by atoms with Gasteiger partial charge in [-0.15, -0.1) is 0 Å². The molecule has 1 amide bonds. The van der Waals surface area contributed by atoms with E-state index in [-0.39, 0.29) is 5.91 Å². The number of nitrogens with one attached hydrogen (secondary N) is 2. The summed E-state index contributed by atoms with van der Waals surface area (Å²) in [5.74, 6) is -0.289. The highest BCUT2D eigenvalue weighted by Gasteiger charge is 2.20. The van der Waals surface area contributed by atoms with Gasteiger partial charge in [-0.05, 0) is 43.2 Å². The Morgan fingerprint density at radius 3 is 2.76 bits per heavy atom. The average Bonchev–Trinajstić information content (AvgIpc) is 3.32. The van der Waals surface area contributed by atoms with Crippen LogP contribution in [0.3, 0.4) is 0 Å². The number of rotatable bonds is 4. The average molecular weight is 278 g/mol. The van der Waals surface area contributed by atoms with Gasteiger partial charge in [0.1, 0.15) is 5.69 Å². The molecule has 104 valence electrons. The Labute approximate surface area is 122 Å². The highest BCUT2D eigenvalue weighted by atomic mass is 16.1. The zero-order valence-electron chi connectivity index (χ0n) is 11.3. The lowest BCUT2D eigenvalue weighted by Crippen LogP contribution is -2.14. The number of benzene rings is 1. The number of anilines is 2. The van der Waals surface area contributed by atoms with Crippen LogP contribution in [0.5, 0.6) is 0 Å². The molecule has 5 heteroatoms. The zero-order valence-corrected chi connectivity index (χ0v) is 11.3. The highest BCUT2D eigenvalue weighted by Crippen LogP contribution is 2.24. The largest absolute Gasteiger partial charge is 0.381 e. The Balaban J connectivity index is 1.68. The second-order valence-corrected chi connectivity index (χ2v) is 5.00. The molecule has 1 heterocycles. The third-order valence-corrected chi connectivity index (χ3v) is 3.19. The van der Waals surface area contributed by atoms with Crippen LogP contribution in [-0.4, -0.2) is 16.9 Å². The molecule has 1 fully saturated rings. The molecule has 0 bridgehead atoms. The van der Waals surface area contributed by atoms with E-state index in [4.69, 9.17) is 5.26 Å². The van der Waals surface area contributed by atoms with E-state index in [0.29, 0.717) is 23.0 Å². The first-order valence-corrected chi connectivity index (χ1v) is 6.79. The van der Waals surface area contributed by atoms with Crippen molar-refractivity contribution >= 4 is 17.3 Å². The van der Waals surface area contributed by atoms with Gasteiger partial charge < -0.3 is 10.6 Å². The van der Waals surface area contributed by atoms with Crippen LogP contribution in [0.1, 0.15) is 28.9 Å². The molecule has 0 atom stereocenters. The summed E-state index contributed by atoms with van der Waals surface area (Å²) in [6.45, 7) is 0. The summed E-state index contributed by atoms with van der Waals surface area (Å²) in [5.41, 5.74) is 2.37. The van der Waals surface area contributed by atoms with Gasteiger partial charge in [0.25, 0.3) is 5.91 Å². The molecule has 0 aliphatic heterocycles. The van der Waals surface area contributed by atoms with Crippen molar-refractivity contribution in [3.05, 3.63) is 53.9 Å². The van der Waals surface area contributed by atoms with Crippen LogP contribution < -0.4 is 10.6 Å². The zero-order chi connectivity index (χ0) is 14.7. The van der Waals surface area contributed by atoms with Gasteiger partial charge in [0.15, 0.2) is 0 Å². The summed E-state index contributed by atoms with van der Waals surface area (Å²) in [6.07, 6.45) is 4.05. The van der Waals surface area contributed by atoms with Gasteiger partial charge in [-0.2, -0.15) is 5.26 Å². The molecule has 0 saturated heterocycles. The number of pyridine rings is 1. The Kier molecular flexibility index (Phi) is 3.52. The van der Waals surface area contributed by atoms with Crippen molar-refractivity contribution in [3.63, 3.8) is 0 Å². The Hall–Kier alpha value is -2.87. The summed E-state index contributed by atoms with van der Waals surface area (Å²) < 4.78 is 0. The van der Waals surface area contributed by atoms with Gasteiger partial charge in [0.2, 0.25) is 0 Å². The fraction of sp³-hybridized carbons (Fsp3) is 0.188. The molecule has 0 spiro atoms. The molecule has 0 unspecified atom stereocenters. The summed E-state index contributed by atoms with van der Waals surface area (Å²) in [5, 5.41) is 14.9. The van der Waals surface area contributed by atoms with E-state index in [1.807, 2.05) is 12.1 Å². The lowest BCUT2D eigenvalue weighted by Gasteiger charge is -2.07. The van der Waals surface area contributed by atoms with E-state index in [0.717, 1.165) is 5.69 Å². The van der Waals surface area contributed by atoms with Gasteiger partial charge in [0.05, 0.1) is 23.5 Å². The van der Waals surface area contributed by atoms with Crippen molar-refractivity contribution < 1.29 is 4.79 Å². The maximum absolute atomic E-state index is 12.1. The maximum Gasteiger partial charge on any atom is 0.274 e. The van der Waals surface area contributed by atoms with E-state index in [1.54, 1.807) is 36.5 Å². The van der Waals surface area contributed by atoms with Crippen molar-refractivity contribution in [2.24, 2.45) is 0 Å². The van der Waals surface area contributed by atoms with Gasteiger partial charge >= 0.3 is 0 Å². The van der Waals surface area contributed by atoms with Crippen LogP contribution in [0, 0.1) is 11.3 Å². The van der Waals surface area contributed by atoms with Crippen molar-refractivity contribution in [2.45, 2.75) is 18.9 Å². The summed E-state index contributed by atoms with van der Waals surface area (Å²) in [7, 11) is 0. The number of hydrogen-bond acceptors (Lipinski definition) is 4. The molecule has 21 heavy (non-hydrogen) atoms. The number of hydrogen-bond donors (Lipinski definition) is 2. The van der Waals surface area contributed by atoms with E-state index in [2.05, 4.69) is 15.6 Å². The molecule has 3 rings (SSSR count). The van der Waals surface area contributed by atoms with Crippen molar-refractivity contribution in [2.75, 3.05) is 10.6 Å².